The van der Waals surface area contributed by atoms with Crippen LogP contribution in [0.1, 0.15) is 26.2 Å². The zero-order chi connectivity index (χ0) is 15.8. The first-order valence-corrected chi connectivity index (χ1v) is 6.91. The van der Waals surface area contributed by atoms with Crippen molar-refractivity contribution in [2.24, 2.45) is 16.7 Å². The fraction of sp³-hybridized carbons (Fsp3) is 0.667. The van der Waals surface area contributed by atoms with Gasteiger partial charge in [0.25, 0.3) is 0 Å². The van der Waals surface area contributed by atoms with Crippen LogP contribution in [0.2, 0.25) is 0 Å². The second kappa shape index (κ2) is 5.16. The molecule has 2 aliphatic rings. The summed E-state index contributed by atoms with van der Waals surface area (Å²) < 4.78 is 14.6. The maximum absolute atomic E-state index is 12.3. The third kappa shape index (κ3) is 2.13. The molecule has 3 atom stereocenters. The van der Waals surface area contributed by atoms with Gasteiger partial charge in [-0.1, -0.05) is 6.58 Å². The zero-order valence-electron chi connectivity index (χ0n) is 12.6. The normalized spacial score (nSPS) is 32.8. The van der Waals surface area contributed by atoms with E-state index in [-0.39, 0.29) is 18.9 Å². The zero-order valence-corrected chi connectivity index (χ0v) is 12.6. The van der Waals surface area contributed by atoms with Crippen LogP contribution in [0.25, 0.3) is 0 Å². The summed E-state index contributed by atoms with van der Waals surface area (Å²) in [4.78, 5) is 36.1. The van der Waals surface area contributed by atoms with Gasteiger partial charge < -0.3 is 14.2 Å². The molecule has 0 heterocycles. The minimum atomic E-state index is -1.33. The quantitative estimate of drug-likeness (QED) is 0.329. The number of methoxy groups -OCH3 is 2. The van der Waals surface area contributed by atoms with Gasteiger partial charge in [0.1, 0.15) is 0 Å². The predicted octanol–water partition coefficient (Wildman–Crippen LogP) is 1.24. The van der Waals surface area contributed by atoms with Crippen LogP contribution < -0.4 is 0 Å². The maximum atomic E-state index is 12.3. The molecule has 0 amide bonds. The van der Waals surface area contributed by atoms with E-state index in [1.165, 1.54) is 14.2 Å². The number of rotatable bonds is 5. The van der Waals surface area contributed by atoms with Crippen LogP contribution in [-0.4, -0.2) is 38.7 Å². The number of hydrogen-bond acceptors (Lipinski definition) is 6. The van der Waals surface area contributed by atoms with Gasteiger partial charge in [0, 0.05) is 11.0 Å². The fourth-order valence-corrected chi connectivity index (χ4v) is 3.56. The van der Waals surface area contributed by atoms with Gasteiger partial charge in [-0.3, -0.25) is 9.59 Å². The van der Waals surface area contributed by atoms with Crippen molar-refractivity contribution in [2.75, 3.05) is 20.8 Å². The molecule has 0 radical (unpaired) electrons. The van der Waals surface area contributed by atoms with Crippen molar-refractivity contribution in [2.45, 2.75) is 26.2 Å². The molecule has 6 heteroatoms. The van der Waals surface area contributed by atoms with Gasteiger partial charge >= 0.3 is 17.9 Å². The highest BCUT2D eigenvalue weighted by Crippen LogP contribution is 2.72. The summed E-state index contributed by atoms with van der Waals surface area (Å²) >= 11 is 0. The highest BCUT2D eigenvalue weighted by molar-refractivity contribution is 6.02. The number of carbonyl (C=O) groups is 3. The van der Waals surface area contributed by atoms with E-state index in [9.17, 15) is 14.4 Å². The Morgan fingerprint density at radius 1 is 1.14 bits per heavy atom. The van der Waals surface area contributed by atoms with E-state index in [4.69, 9.17) is 14.2 Å². The molecule has 0 spiro atoms. The number of carbonyl (C=O) groups excluding carboxylic acids is 3. The Labute approximate surface area is 123 Å². The molecule has 0 aromatic rings. The Hall–Kier alpha value is -1.85. The Morgan fingerprint density at radius 3 is 2.33 bits per heavy atom. The molecule has 0 aromatic heterocycles. The van der Waals surface area contributed by atoms with Crippen LogP contribution >= 0.6 is 0 Å². The van der Waals surface area contributed by atoms with Gasteiger partial charge in [0.2, 0.25) is 0 Å². The van der Waals surface area contributed by atoms with Gasteiger partial charge in [-0.05, 0) is 32.1 Å². The Morgan fingerprint density at radius 2 is 1.81 bits per heavy atom. The first-order valence-electron chi connectivity index (χ1n) is 6.91. The number of fused-ring (bicyclic) bond motifs is 1. The van der Waals surface area contributed by atoms with Crippen LogP contribution in [0, 0.1) is 16.7 Å². The molecule has 0 aromatic carbocycles. The largest absolute Gasteiger partial charge is 0.468 e. The highest BCUT2D eigenvalue weighted by atomic mass is 16.6. The number of hydrogen-bond donors (Lipinski definition) is 0. The molecule has 0 N–H and O–H groups in total. The second-order valence-corrected chi connectivity index (χ2v) is 5.70. The Kier molecular flexibility index (Phi) is 3.82. The van der Waals surface area contributed by atoms with E-state index in [1.54, 1.807) is 6.92 Å². The summed E-state index contributed by atoms with van der Waals surface area (Å²) in [7, 11) is 2.53. The Balaban J connectivity index is 2.29. The molecule has 0 bridgehead atoms. The molecular weight excluding hydrogens is 276 g/mol. The molecule has 116 valence electrons. The van der Waals surface area contributed by atoms with Crippen molar-refractivity contribution in [3.63, 3.8) is 0 Å². The third-order valence-electron chi connectivity index (χ3n) is 4.72. The summed E-state index contributed by atoms with van der Waals surface area (Å²) in [5, 5.41) is 0. The number of esters is 3. The number of ether oxygens (including phenoxy) is 3. The molecule has 6 nitrogen and oxygen atoms in total. The van der Waals surface area contributed by atoms with Gasteiger partial charge in [-0.25, -0.2) is 4.79 Å². The van der Waals surface area contributed by atoms with Crippen molar-refractivity contribution in [3.8, 4) is 0 Å². The van der Waals surface area contributed by atoms with Crippen LogP contribution in [-0.2, 0) is 28.6 Å². The van der Waals surface area contributed by atoms with Crippen LogP contribution in [0.3, 0.4) is 0 Å². The molecule has 0 aliphatic heterocycles. The van der Waals surface area contributed by atoms with Gasteiger partial charge in [0.15, 0.2) is 5.41 Å². The van der Waals surface area contributed by atoms with E-state index in [0.717, 1.165) is 6.42 Å². The lowest BCUT2D eigenvalue weighted by Gasteiger charge is -2.27. The maximum Gasteiger partial charge on any atom is 0.333 e. The minimum absolute atomic E-state index is 0.0626. The smallest absolute Gasteiger partial charge is 0.333 e. The van der Waals surface area contributed by atoms with E-state index in [0.29, 0.717) is 12.0 Å². The molecular formula is C15H20O6. The minimum Gasteiger partial charge on any atom is -0.468 e. The van der Waals surface area contributed by atoms with E-state index < -0.39 is 28.7 Å². The lowest BCUT2D eigenvalue weighted by atomic mass is 9.79. The van der Waals surface area contributed by atoms with Crippen molar-refractivity contribution < 1.29 is 28.6 Å². The van der Waals surface area contributed by atoms with Crippen LogP contribution in [0.4, 0.5) is 0 Å². The average molecular weight is 296 g/mol. The lowest BCUT2D eigenvalue weighted by Crippen LogP contribution is -2.41. The second-order valence-electron chi connectivity index (χ2n) is 5.70. The molecule has 21 heavy (non-hydrogen) atoms. The van der Waals surface area contributed by atoms with Crippen molar-refractivity contribution in [1.82, 2.24) is 0 Å². The monoisotopic (exact) mass is 296 g/mol. The van der Waals surface area contributed by atoms with E-state index in [2.05, 4.69) is 6.58 Å². The first-order chi connectivity index (χ1) is 9.87. The molecule has 2 fully saturated rings. The highest BCUT2D eigenvalue weighted by Gasteiger charge is 2.72. The summed E-state index contributed by atoms with van der Waals surface area (Å²) in [6.07, 6.45) is 1.26. The standard InChI is InChI=1S/C15H20O6/c1-5-21-13(18)15(12(17)20-4)7-10-6-14(10,8-15)9(2)11(16)19-3/h10H,2,5-8H2,1,3-4H3. The van der Waals surface area contributed by atoms with E-state index >= 15 is 0 Å². The first kappa shape index (κ1) is 15.5. The summed E-state index contributed by atoms with van der Waals surface area (Å²) in [5.74, 6) is -1.62. The van der Waals surface area contributed by atoms with Crippen LogP contribution in [0.5, 0.6) is 0 Å². The SMILES string of the molecule is C=C(C(=O)OC)C12CC1CC(C(=O)OC)(C(=O)OCC)C2. The average Bonchev–Trinajstić information content (AvgIpc) is 3.07. The molecule has 2 rings (SSSR count). The summed E-state index contributed by atoms with van der Waals surface area (Å²) in [6.45, 7) is 5.67. The fourth-order valence-electron chi connectivity index (χ4n) is 3.56. The molecule has 0 saturated heterocycles. The van der Waals surface area contributed by atoms with Crippen LogP contribution in [0.15, 0.2) is 12.2 Å². The van der Waals surface area contributed by atoms with Gasteiger partial charge in [-0.2, -0.15) is 0 Å². The van der Waals surface area contributed by atoms with E-state index in [1.807, 2.05) is 0 Å². The van der Waals surface area contributed by atoms with Gasteiger partial charge in [-0.15, -0.1) is 0 Å². The van der Waals surface area contributed by atoms with Crippen molar-refractivity contribution in [3.05, 3.63) is 12.2 Å². The Bertz CT molecular complexity index is 510. The van der Waals surface area contributed by atoms with Gasteiger partial charge in [0.05, 0.1) is 20.8 Å². The molecule has 2 aliphatic carbocycles. The lowest BCUT2D eigenvalue weighted by molar-refractivity contribution is -0.171. The molecule has 2 saturated carbocycles. The summed E-state index contributed by atoms with van der Waals surface area (Å²) in [5.41, 5.74) is -1.54. The van der Waals surface area contributed by atoms with Crippen molar-refractivity contribution >= 4 is 17.9 Å². The third-order valence-corrected chi connectivity index (χ3v) is 4.72. The predicted molar refractivity (Wildman–Crippen MR) is 72.0 cm³/mol. The topological polar surface area (TPSA) is 78.9 Å². The van der Waals surface area contributed by atoms with Crippen molar-refractivity contribution in [1.29, 1.82) is 0 Å². The summed E-state index contributed by atoms with van der Waals surface area (Å²) in [6, 6.07) is 0. The molecule has 3 unspecified atom stereocenters.